The molecule has 0 aliphatic rings. The molecule has 27 heavy (non-hydrogen) atoms. The van der Waals surface area contributed by atoms with Crippen LogP contribution in [0.5, 0.6) is 11.5 Å². The Bertz CT molecular complexity index is 883. The van der Waals surface area contributed by atoms with Crippen LogP contribution in [0.1, 0.15) is 0 Å². The maximum atomic E-state index is 6.01. The van der Waals surface area contributed by atoms with Crippen molar-refractivity contribution in [3.63, 3.8) is 0 Å². The van der Waals surface area contributed by atoms with Crippen molar-refractivity contribution >= 4 is 0 Å². The van der Waals surface area contributed by atoms with Crippen LogP contribution in [0.25, 0.3) is 0 Å². The topological polar surface area (TPSA) is 9.23 Å². The van der Waals surface area contributed by atoms with Crippen LogP contribution in [0.3, 0.4) is 0 Å². The summed E-state index contributed by atoms with van der Waals surface area (Å²) in [5, 5.41) is 0. The molecule has 3 heteroatoms. The summed E-state index contributed by atoms with van der Waals surface area (Å²) in [5.41, 5.74) is 0. The number of rotatable bonds is 6. The molecule has 0 amide bonds. The third-order valence-electron chi connectivity index (χ3n) is 3.77. The summed E-state index contributed by atoms with van der Waals surface area (Å²) in [4.78, 5) is 0. The van der Waals surface area contributed by atoms with E-state index in [9.17, 15) is 0 Å². The Balaban J connectivity index is 1.37. The first-order valence-electron chi connectivity index (χ1n) is 8.63. The van der Waals surface area contributed by atoms with Gasteiger partial charge in [-0.3, -0.25) is 0 Å². The molecule has 0 aliphatic carbocycles. The quantitative estimate of drug-likeness (QED) is 0.288. The second kappa shape index (κ2) is 9.37. The monoisotopic (exact) mass is 576 g/mol. The molecule has 0 saturated heterocycles. The summed E-state index contributed by atoms with van der Waals surface area (Å²) < 4.78 is 11.7. The molecular weight excluding hydrogens is 558 g/mol. The van der Waals surface area contributed by atoms with Gasteiger partial charge in [0.05, 0.1) is 0 Å². The fraction of sp³-hybridized carbons (Fsp3) is 0. The zero-order valence-corrected chi connectivity index (χ0v) is 18.9. The molecule has 0 aromatic heterocycles. The Morgan fingerprint density at radius 1 is 0.370 bits per heavy atom. The summed E-state index contributed by atoms with van der Waals surface area (Å²) in [6.07, 6.45) is 0. The van der Waals surface area contributed by atoms with Crippen LogP contribution in [-0.2, 0) is 0 Å². The van der Waals surface area contributed by atoms with Gasteiger partial charge in [-0.2, -0.15) is 0 Å². The van der Waals surface area contributed by atoms with Gasteiger partial charge in [-0.25, -0.2) is 0 Å². The van der Waals surface area contributed by atoms with E-state index in [0.29, 0.717) is 0 Å². The van der Waals surface area contributed by atoms with Crippen molar-refractivity contribution in [1.82, 2.24) is 0 Å². The van der Waals surface area contributed by atoms with Crippen molar-refractivity contribution < 1.29 is 47.1 Å². The number of hydrogen-bond donors (Lipinski definition) is 0. The van der Waals surface area contributed by atoms with E-state index < -0.39 is 0 Å². The molecule has 1 nitrogen and oxygen atoms in total. The summed E-state index contributed by atoms with van der Waals surface area (Å²) in [7, 11) is 0. The molecule has 0 N–H and O–H groups in total. The SMILES string of the molecule is c1ccc([I-]c2ccc(Oc3ccc([I-]c4ccccc4)cc3)cc2)cc1. The van der Waals surface area contributed by atoms with E-state index in [0.717, 1.165) is 11.5 Å². The maximum absolute atomic E-state index is 6.01. The van der Waals surface area contributed by atoms with Gasteiger partial charge in [-0.05, 0) is 0 Å². The minimum atomic E-state index is -0.126. The van der Waals surface area contributed by atoms with Crippen molar-refractivity contribution in [2.24, 2.45) is 0 Å². The normalized spacial score (nSPS) is 10.8. The molecule has 0 saturated carbocycles. The Labute approximate surface area is 180 Å². The van der Waals surface area contributed by atoms with Gasteiger partial charge in [-0.1, -0.05) is 0 Å². The van der Waals surface area contributed by atoms with Gasteiger partial charge in [0.1, 0.15) is 0 Å². The zero-order valence-electron chi connectivity index (χ0n) is 14.6. The summed E-state index contributed by atoms with van der Waals surface area (Å²) in [5.74, 6) is 1.78. The van der Waals surface area contributed by atoms with Gasteiger partial charge >= 0.3 is 182 Å². The van der Waals surface area contributed by atoms with E-state index in [2.05, 4.69) is 109 Å². The van der Waals surface area contributed by atoms with Crippen molar-refractivity contribution in [3.05, 3.63) is 123 Å². The van der Waals surface area contributed by atoms with Crippen molar-refractivity contribution in [2.45, 2.75) is 0 Å². The zero-order chi connectivity index (χ0) is 18.3. The molecule has 0 unspecified atom stereocenters. The molecule has 0 heterocycles. The molecule has 0 bridgehead atoms. The van der Waals surface area contributed by atoms with E-state index in [1.807, 2.05) is 0 Å². The summed E-state index contributed by atoms with van der Waals surface area (Å²) in [6, 6.07) is 38.4. The Morgan fingerprint density at radius 2 is 0.704 bits per heavy atom. The summed E-state index contributed by atoms with van der Waals surface area (Å²) >= 11 is -0.252. The first kappa shape index (κ1) is 18.5. The van der Waals surface area contributed by atoms with Crippen LogP contribution in [0.4, 0.5) is 0 Å². The van der Waals surface area contributed by atoms with E-state index in [1.165, 1.54) is 14.3 Å². The number of ether oxygens (including phenoxy) is 1. The fourth-order valence-electron chi connectivity index (χ4n) is 2.47. The fourth-order valence-corrected chi connectivity index (χ4v) is 6.90. The average Bonchev–Trinajstić information content (AvgIpc) is 2.73. The van der Waals surface area contributed by atoms with Crippen LogP contribution < -0.4 is 47.1 Å². The predicted molar refractivity (Wildman–Crippen MR) is 101 cm³/mol. The third kappa shape index (κ3) is 5.56. The van der Waals surface area contributed by atoms with Gasteiger partial charge in [0.2, 0.25) is 0 Å². The Hall–Kier alpha value is -1.86. The van der Waals surface area contributed by atoms with Gasteiger partial charge in [0.15, 0.2) is 0 Å². The third-order valence-corrected chi connectivity index (χ3v) is 9.13. The van der Waals surface area contributed by atoms with Crippen LogP contribution >= 0.6 is 0 Å². The molecule has 136 valence electrons. The van der Waals surface area contributed by atoms with Crippen LogP contribution in [-0.4, -0.2) is 0 Å². The second-order valence-corrected chi connectivity index (χ2v) is 11.9. The first-order valence-corrected chi connectivity index (χ1v) is 12.9. The number of hydrogen-bond acceptors (Lipinski definition) is 1. The van der Waals surface area contributed by atoms with Crippen LogP contribution in [0.2, 0.25) is 0 Å². The molecule has 0 fully saturated rings. The number of benzene rings is 4. The van der Waals surface area contributed by atoms with Crippen LogP contribution in [0.15, 0.2) is 109 Å². The standard InChI is InChI=1S/C24H18I2O/c1-3-7-19(8-4-1)25-21-11-15-23(16-12-21)27-24-17-13-22(14-18-24)26-20-9-5-2-6-10-20/h1-18H/q-2. The Kier molecular flexibility index (Phi) is 6.42. The molecule has 4 aromatic carbocycles. The average molecular weight is 576 g/mol. The second-order valence-electron chi connectivity index (χ2n) is 5.79. The van der Waals surface area contributed by atoms with Gasteiger partial charge in [0, 0.05) is 0 Å². The molecule has 4 rings (SSSR count). The van der Waals surface area contributed by atoms with E-state index >= 15 is 0 Å². The van der Waals surface area contributed by atoms with Gasteiger partial charge in [0.25, 0.3) is 0 Å². The predicted octanol–water partition coefficient (Wildman–Crippen LogP) is -0.264. The van der Waals surface area contributed by atoms with E-state index in [-0.39, 0.29) is 42.4 Å². The van der Waals surface area contributed by atoms with E-state index in [4.69, 9.17) is 4.74 Å². The van der Waals surface area contributed by atoms with Gasteiger partial charge in [-0.15, -0.1) is 0 Å². The van der Waals surface area contributed by atoms with Gasteiger partial charge < -0.3 is 0 Å². The first-order chi connectivity index (χ1) is 13.3. The molecule has 0 aliphatic heterocycles. The molecule has 4 aromatic rings. The molecule has 0 atom stereocenters. The number of halogens is 2. The van der Waals surface area contributed by atoms with Crippen molar-refractivity contribution in [2.75, 3.05) is 0 Å². The van der Waals surface area contributed by atoms with Crippen molar-refractivity contribution in [3.8, 4) is 11.5 Å². The summed E-state index contributed by atoms with van der Waals surface area (Å²) in [6.45, 7) is 0. The van der Waals surface area contributed by atoms with Crippen LogP contribution in [0, 0.1) is 14.3 Å². The molecule has 0 radical (unpaired) electrons. The van der Waals surface area contributed by atoms with E-state index in [1.54, 1.807) is 0 Å². The van der Waals surface area contributed by atoms with Crippen molar-refractivity contribution in [1.29, 1.82) is 0 Å². The molecule has 0 spiro atoms. The minimum absolute atomic E-state index is 0.126. The molecular formula is C24H18I2O-2. The Morgan fingerprint density at radius 3 is 1.07 bits per heavy atom.